The molecule has 1 aliphatic rings. The van der Waals surface area contributed by atoms with Crippen LogP contribution >= 0.6 is 7.37 Å². The molecule has 0 aromatic carbocycles. The smallest absolute Gasteiger partial charge is 0.264 e. The summed E-state index contributed by atoms with van der Waals surface area (Å²) in [6.45, 7) is 1.38. The van der Waals surface area contributed by atoms with Gasteiger partial charge < -0.3 is 9.73 Å². The second-order valence-electron chi connectivity index (χ2n) is 2.77. The van der Waals surface area contributed by atoms with E-state index in [0.717, 1.165) is 0 Å². The third-order valence-corrected chi connectivity index (χ3v) is 4.43. The zero-order chi connectivity index (χ0) is 10.9. The molecular weight excluding hydrogens is 211 g/mol. The molecule has 1 unspecified atom stereocenters. The second kappa shape index (κ2) is 3.51. The molecule has 1 atom stereocenters. The number of allylic oxidation sites excluding steroid dienone is 2. The molecule has 1 aliphatic heterocycles. The maximum absolute atomic E-state index is 11.8. The van der Waals surface area contributed by atoms with E-state index in [4.69, 9.17) is 5.21 Å². The highest BCUT2D eigenvalue weighted by Crippen LogP contribution is 2.56. The summed E-state index contributed by atoms with van der Waals surface area (Å²) in [6, 6.07) is 0. The first kappa shape index (κ1) is 10.9. The van der Waals surface area contributed by atoms with Gasteiger partial charge in [-0.2, -0.15) is 0 Å². The van der Waals surface area contributed by atoms with E-state index in [-0.39, 0.29) is 22.9 Å². The maximum atomic E-state index is 11.8. The molecule has 0 fully saturated rings. The van der Waals surface area contributed by atoms with Crippen molar-refractivity contribution < 1.29 is 19.2 Å². The van der Waals surface area contributed by atoms with Gasteiger partial charge in [0.1, 0.15) is 6.16 Å². The Bertz CT molecular complexity index is 386. The minimum absolute atomic E-state index is 0.114. The minimum atomic E-state index is -3.34. The van der Waals surface area contributed by atoms with Gasteiger partial charge in [0.15, 0.2) is 5.45 Å². The van der Waals surface area contributed by atoms with Crippen LogP contribution in [0.2, 0.25) is 0 Å². The minimum Gasteiger partial charge on any atom is -0.410 e. The predicted molar refractivity (Wildman–Crippen MR) is 48.4 cm³/mol. The SMILES string of the molecule is COP1(=O)CC([N+](=O)[O-])=C(C)/C1=N\O. The summed E-state index contributed by atoms with van der Waals surface area (Å²) >= 11 is 0. The van der Waals surface area contributed by atoms with Crippen molar-refractivity contribution >= 4 is 12.8 Å². The van der Waals surface area contributed by atoms with Crippen LogP contribution in [0.15, 0.2) is 16.4 Å². The van der Waals surface area contributed by atoms with Crippen LogP contribution in [0.3, 0.4) is 0 Å². The van der Waals surface area contributed by atoms with Gasteiger partial charge in [0.2, 0.25) is 0 Å². The highest BCUT2D eigenvalue weighted by molar-refractivity contribution is 7.78. The Balaban J connectivity index is 3.25. The molecule has 0 saturated heterocycles. The molecule has 0 radical (unpaired) electrons. The van der Waals surface area contributed by atoms with Crippen molar-refractivity contribution in [3.05, 3.63) is 21.4 Å². The number of nitro groups is 1. The summed E-state index contributed by atoms with van der Waals surface area (Å²) in [7, 11) is -2.17. The molecule has 0 aromatic heterocycles. The highest BCUT2D eigenvalue weighted by Gasteiger charge is 2.45. The van der Waals surface area contributed by atoms with Gasteiger partial charge in [0, 0.05) is 7.11 Å². The van der Waals surface area contributed by atoms with Crippen LogP contribution in [-0.2, 0) is 9.09 Å². The number of rotatable bonds is 2. The zero-order valence-corrected chi connectivity index (χ0v) is 8.52. The van der Waals surface area contributed by atoms with Gasteiger partial charge in [-0.3, -0.25) is 14.7 Å². The molecule has 0 bridgehead atoms. The molecule has 1 heterocycles. The highest BCUT2D eigenvalue weighted by atomic mass is 31.2. The average Bonchev–Trinajstić information content (AvgIpc) is 2.39. The molecule has 7 nitrogen and oxygen atoms in total. The van der Waals surface area contributed by atoms with Gasteiger partial charge in [-0.15, -0.1) is 0 Å². The Labute approximate surface area is 79.7 Å². The van der Waals surface area contributed by atoms with Gasteiger partial charge in [-0.25, -0.2) is 0 Å². The van der Waals surface area contributed by atoms with E-state index in [1.54, 1.807) is 0 Å². The van der Waals surface area contributed by atoms with Crippen LogP contribution in [0.1, 0.15) is 6.92 Å². The molecule has 14 heavy (non-hydrogen) atoms. The quantitative estimate of drug-likeness (QED) is 0.326. The fourth-order valence-electron chi connectivity index (χ4n) is 1.26. The van der Waals surface area contributed by atoms with Crippen LogP contribution in [0.25, 0.3) is 0 Å². The van der Waals surface area contributed by atoms with Crippen molar-refractivity contribution in [3.63, 3.8) is 0 Å². The molecule has 78 valence electrons. The zero-order valence-electron chi connectivity index (χ0n) is 7.63. The largest absolute Gasteiger partial charge is 0.410 e. The van der Waals surface area contributed by atoms with Gasteiger partial charge in [0.05, 0.1) is 10.5 Å². The summed E-state index contributed by atoms with van der Waals surface area (Å²) in [5.74, 6) is 0. The van der Waals surface area contributed by atoms with Crippen LogP contribution in [-0.4, -0.2) is 28.9 Å². The first-order valence-electron chi connectivity index (χ1n) is 3.68. The van der Waals surface area contributed by atoms with E-state index in [2.05, 4.69) is 9.68 Å². The van der Waals surface area contributed by atoms with Gasteiger partial charge in [-0.05, 0) is 6.92 Å². The molecule has 0 spiro atoms. The van der Waals surface area contributed by atoms with Gasteiger partial charge in [0.25, 0.3) is 13.1 Å². The molecule has 0 amide bonds. The van der Waals surface area contributed by atoms with E-state index in [1.807, 2.05) is 0 Å². The first-order chi connectivity index (χ1) is 6.46. The second-order valence-corrected chi connectivity index (χ2v) is 5.22. The van der Waals surface area contributed by atoms with Crippen LogP contribution < -0.4 is 0 Å². The van der Waals surface area contributed by atoms with Gasteiger partial charge in [-0.1, -0.05) is 5.16 Å². The molecule has 8 heteroatoms. The Morgan fingerprint density at radius 3 is 2.57 bits per heavy atom. The molecule has 1 rings (SSSR count). The number of hydrogen-bond donors (Lipinski definition) is 1. The Morgan fingerprint density at radius 2 is 2.29 bits per heavy atom. The Morgan fingerprint density at radius 1 is 1.71 bits per heavy atom. The lowest BCUT2D eigenvalue weighted by Gasteiger charge is -2.07. The maximum Gasteiger partial charge on any atom is 0.264 e. The van der Waals surface area contributed by atoms with E-state index in [1.165, 1.54) is 14.0 Å². The number of hydrogen-bond acceptors (Lipinski definition) is 6. The first-order valence-corrected chi connectivity index (χ1v) is 5.49. The lowest BCUT2D eigenvalue weighted by Crippen LogP contribution is -2.00. The van der Waals surface area contributed by atoms with Crippen molar-refractivity contribution in [1.29, 1.82) is 0 Å². The fraction of sp³-hybridized carbons (Fsp3) is 0.500. The molecule has 0 aliphatic carbocycles. The monoisotopic (exact) mass is 220 g/mol. The molecule has 1 N–H and O–H groups in total. The van der Waals surface area contributed by atoms with Crippen LogP contribution in [0.4, 0.5) is 0 Å². The van der Waals surface area contributed by atoms with E-state index >= 15 is 0 Å². The van der Waals surface area contributed by atoms with Crippen LogP contribution in [0.5, 0.6) is 0 Å². The normalized spacial score (nSPS) is 30.0. The van der Waals surface area contributed by atoms with E-state index < -0.39 is 12.3 Å². The number of nitrogens with zero attached hydrogens (tertiary/aromatic N) is 2. The predicted octanol–water partition coefficient (Wildman–Crippen LogP) is 1.26. The van der Waals surface area contributed by atoms with Crippen molar-refractivity contribution in [2.24, 2.45) is 5.16 Å². The topological polar surface area (TPSA) is 102 Å². The standard InChI is InChI=1S/C6H9N2O5P/c1-4-5(8(10)11)3-14(12,13-2)6(4)7-9/h9H,3H2,1-2H3/b7-6+. The molecule has 0 aromatic rings. The number of oxime groups is 1. The lowest BCUT2D eigenvalue weighted by molar-refractivity contribution is -0.424. The van der Waals surface area contributed by atoms with Gasteiger partial charge >= 0.3 is 0 Å². The van der Waals surface area contributed by atoms with Crippen molar-refractivity contribution in [2.45, 2.75) is 6.92 Å². The Hall–Kier alpha value is -1.20. The van der Waals surface area contributed by atoms with Crippen molar-refractivity contribution in [3.8, 4) is 0 Å². The summed E-state index contributed by atoms with van der Waals surface area (Å²) in [4.78, 5) is 9.87. The molecule has 0 saturated carbocycles. The summed E-state index contributed by atoms with van der Waals surface area (Å²) in [6.07, 6.45) is -0.318. The summed E-state index contributed by atoms with van der Waals surface area (Å²) < 4.78 is 16.5. The van der Waals surface area contributed by atoms with Crippen molar-refractivity contribution in [1.82, 2.24) is 0 Å². The summed E-state index contributed by atoms with van der Waals surface area (Å²) in [5.41, 5.74) is -0.322. The fourth-order valence-corrected chi connectivity index (χ4v) is 3.24. The average molecular weight is 220 g/mol. The summed E-state index contributed by atoms with van der Waals surface area (Å²) in [5, 5.41) is 21.9. The van der Waals surface area contributed by atoms with Crippen molar-refractivity contribution in [2.75, 3.05) is 13.3 Å². The molecular formula is C6H9N2O5P. The lowest BCUT2D eigenvalue weighted by atomic mass is 10.3. The third-order valence-electron chi connectivity index (χ3n) is 2.06. The third kappa shape index (κ3) is 1.44. The van der Waals surface area contributed by atoms with E-state index in [0.29, 0.717) is 0 Å². The van der Waals surface area contributed by atoms with E-state index in [9.17, 15) is 14.7 Å². The van der Waals surface area contributed by atoms with Crippen LogP contribution in [0, 0.1) is 10.1 Å². The Kier molecular flexibility index (Phi) is 2.73.